The Morgan fingerprint density at radius 3 is 2.86 bits per heavy atom. The minimum atomic E-state index is -0.674. The normalized spacial score (nSPS) is 10.4. The van der Waals surface area contributed by atoms with Gasteiger partial charge in [-0.3, -0.25) is 4.79 Å². The maximum absolute atomic E-state index is 13.5. The van der Waals surface area contributed by atoms with E-state index in [1.54, 1.807) is 0 Å². The van der Waals surface area contributed by atoms with Gasteiger partial charge in [0.25, 0.3) is 5.56 Å². The van der Waals surface area contributed by atoms with Crippen LogP contribution in [0, 0.1) is 11.6 Å². The summed E-state index contributed by atoms with van der Waals surface area (Å²) >= 11 is 5.94. The summed E-state index contributed by atoms with van der Waals surface area (Å²) in [7, 11) is 0. The first-order chi connectivity index (χ1) is 10.0. The number of hydrogen-bond donors (Lipinski definition) is 1. The van der Waals surface area contributed by atoms with Crippen LogP contribution in [0.4, 0.5) is 14.5 Å². The van der Waals surface area contributed by atoms with Crippen molar-refractivity contribution in [3.05, 3.63) is 69.6 Å². The summed E-state index contributed by atoms with van der Waals surface area (Å²) in [6.45, 7) is 3.81. The minimum Gasteiger partial charge on any atom is -0.378 e. The molecule has 4 nitrogen and oxygen atoms in total. The molecule has 0 atom stereocenters. The molecule has 0 unspecified atom stereocenters. The fourth-order valence-electron chi connectivity index (χ4n) is 1.70. The lowest BCUT2D eigenvalue weighted by atomic mass is 10.2. The Morgan fingerprint density at radius 2 is 2.19 bits per heavy atom. The SMILES string of the molecule is C=CCn1ncc(NCc2ccc(F)cc2F)c(Cl)c1=O. The second kappa shape index (κ2) is 6.49. The number of rotatable bonds is 5. The van der Waals surface area contributed by atoms with Gasteiger partial charge in [-0.25, -0.2) is 13.5 Å². The summed E-state index contributed by atoms with van der Waals surface area (Å²) < 4.78 is 27.4. The predicted molar refractivity (Wildman–Crippen MR) is 77.4 cm³/mol. The molecule has 0 spiro atoms. The van der Waals surface area contributed by atoms with Gasteiger partial charge in [-0.05, 0) is 6.07 Å². The zero-order valence-electron chi connectivity index (χ0n) is 10.9. The molecule has 1 N–H and O–H groups in total. The molecule has 21 heavy (non-hydrogen) atoms. The molecule has 0 saturated heterocycles. The standard InChI is InChI=1S/C14H12ClF2N3O/c1-2-5-20-14(21)13(15)12(8-19-20)18-7-9-3-4-10(16)6-11(9)17/h2-4,6,8,18H,1,5,7H2. The number of benzene rings is 1. The summed E-state index contributed by atoms with van der Waals surface area (Å²) in [5.74, 6) is -1.32. The minimum absolute atomic E-state index is 0.0469. The second-order valence-electron chi connectivity index (χ2n) is 4.24. The molecule has 0 saturated carbocycles. The molecular weight excluding hydrogens is 300 g/mol. The molecule has 110 valence electrons. The highest BCUT2D eigenvalue weighted by Crippen LogP contribution is 2.17. The van der Waals surface area contributed by atoms with Gasteiger partial charge in [-0.1, -0.05) is 23.7 Å². The third kappa shape index (κ3) is 3.46. The van der Waals surface area contributed by atoms with Crippen molar-refractivity contribution in [2.24, 2.45) is 0 Å². The highest BCUT2D eigenvalue weighted by molar-refractivity contribution is 6.32. The van der Waals surface area contributed by atoms with Crippen molar-refractivity contribution in [2.45, 2.75) is 13.1 Å². The fraction of sp³-hybridized carbons (Fsp3) is 0.143. The average molecular weight is 312 g/mol. The number of allylic oxidation sites excluding steroid dienone is 1. The van der Waals surface area contributed by atoms with Gasteiger partial charge in [0.2, 0.25) is 0 Å². The van der Waals surface area contributed by atoms with Crippen LogP contribution in [0.25, 0.3) is 0 Å². The maximum Gasteiger partial charge on any atom is 0.287 e. The van der Waals surface area contributed by atoms with Crippen LogP contribution < -0.4 is 10.9 Å². The van der Waals surface area contributed by atoms with E-state index in [0.29, 0.717) is 0 Å². The first-order valence-corrected chi connectivity index (χ1v) is 6.45. The highest BCUT2D eigenvalue weighted by Gasteiger charge is 2.09. The summed E-state index contributed by atoms with van der Waals surface area (Å²) in [6.07, 6.45) is 2.89. The van der Waals surface area contributed by atoms with Crippen LogP contribution in [-0.2, 0) is 13.1 Å². The van der Waals surface area contributed by atoms with Crippen LogP contribution in [-0.4, -0.2) is 9.78 Å². The Hall–Kier alpha value is -2.21. The number of anilines is 1. The molecule has 0 aliphatic carbocycles. The topological polar surface area (TPSA) is 46.9 Å². The monoisotopic (exact) mass is 311 g/mol. The van der Waals surface area contributed by atoms with Gasteiger partial charge in [0.05, 0.1) is 18.4 Å². The van der Waals surface area contributed by atoms with Crippen molar-refractivity contribution < 1.29 is 8.78 Å². The Kier molecular flexibility index (Phi) is 4.70. The first-order valence-electron chi connectivity index (χ1n) is 6.07. The summed E-state index contributed by atoms with van der Waals surface area (Å²) in [5, 5.41) is 6.67. The predicted octanol–water partition coefficient (Wildman–Crippen LogP) is 2.97. The molecule has 1 heterocycles. The van der Waals surface area contributed by atoms with Crippen LogP contribution in [0.1, 0.15) is 5.56 Å². The lowest BCUT2D eigenvalue weighted by molar-refractivity contribution is 0.574. The van der Waals surface area contributed by atoms with Gasteiger partial charge in [0.15, 0.2) is 0 Å². The number of halogens is 3. The van der Waals surface area contributed by atoms with E-state index in [-0.39, 0.29) is 29.4 Å². The molecule has 0 amide bonds. The van der Waals surface area contributed by atoms with E-state index in [1.807, 2.05) is 0 Å². The zero-order chi connectivity index (χ0) is 15.4. The van der Waals surface area contributed by atoms with Crippen molar-refractivity contribution in [2.75, 3.05) is 5.32 Å². The largest absolute Gasteiger partial charge is 0.378 e. The Bertz CT molecular complexity index is 731. The van der Waals surface area contributed by atoms with E-state index in [2.05, 4.69) is 17.0 Å². The number of nitrogens with one attached hydrogen (secondary N) is 1. The summed E-state index contributed by atoms with van der Waals surface area (Å²) in [6, 6.07) is 3.26. The van der Waals surface area contributed by atoms with Crippen LogP contribution >= 0.6 is 11.6 Å². The quantitative estimate of drug-likeness (QED) is 0.864. The molecule has 0 aliphatic heterocycles. The van der Waals surface area contributed by atoms with E-state index in [9.17, 15) is 13.6 Å². The molecule has 1 aromatic heterocycles. The maximum atomic E-state index is 13.5. The average Bonchev–Trinajstić information content (AvgIpc) is 2.45. The Balaban J connectivity index is 2.19. The van der Waals surface area contributed by atoms with Crippen LogP contribution in [0.5, 0.6) is 0 Å². The molecule has 2 rings (SSSR count). The molecular formula is C14H12ClF2N3O. The molecule has 7 heteroatoms. The Morgan fingerprint density at radius 1 is 1.43 bits per heavy atom. The fourth-order valence-corrected chi connectivity index (χ4v) is 1.91. The number of nitrogens with zero attached hydrogens (tertiary/aromatic N) is 2. The molecule has 0 fully saturated rings. The number of aromatic nitrogens is 2. The van der Waals surface area contributed by atoms with Crippen LogP contribution in [0.3, 0.4) is 0 Å². The van der Waals surface area contributed by atoms with Crippen molar-refractivity contribution in [1.82, 2.24) is 9.78 Å². The molecule has 2 aromatic rings. The highest BCUT2D eigenvalue weighted by atomic mass is 35.5. The van der Waals surface area contributed by atoms with E-state index < -0.39 is 17.2 Å². The lowest BCUT2D eigenvalue weighted by Gasteiger charge is -2.10. The second-order valence-corrected chi connectivity index (χ2v) is 4.62. The van der Waals surface area contributed by atoms with E-state index >= 15 is 0 Å². The third-order valence-electron chi connectivity index (χ3n) is 2.77. The van der Waals surface area contributed by atoms with Crippen molar-refractivity contribution in [3.63, 3.8) is 0 Å². The number of hydrogen-bond acceptors (Lipinski definition) is 3. The van der Waals surface area contributed by atoms with Gasteiger partial charge in [0.1, 0.15) is 16.7 Å². The van der Waals surface area contributed by atoms with Gasteiger partial charge >= 0.3 is 0 Å². The van der Waals surface area contributed by atoms with Gasteiger partial charge in [-0.2, -0.15) is 5.10 Å². The van der Waals surface area contributed by atoms with Gasteiger partial charge in [-0.15, -0.1) is 6.58 Å². The summed E-state index contributed by atoms with van der Waals surface area (Å²) in [5.41, 5.74) is 0.0644. The molecule has 0 bridgehead atoms. The van der Waals surface area contributed by atoms with Crippen molar-refractivity contribution in [3.8, 4) is 0 Å². The van der Waals surface area contributed by atoms with Gasteiger partial charge in [0, 0.05) is 18.2 Å². The van der Waals surface area contributed by atoms with Crippen LogP contribution in [0.15, 0.2) is 41.8 Å². The molecule has 1 aromatic carbocycles. The molecule has 0 aliphatic rings. The van der Waals surface area contributed by atoms with E-state index in [4.69, 9.17) is 11.6 Å². The first kappa shape index (κ1) is 15.2. The lowest BCUT2D eigenvalue weighted by Crippen LogP contribution is -2.23. The smallest absolute Gasteiger partial charge is 0.287 e. The van der Waals surface area contributed by atoms with Gasteiger partial charge < -0.3 is 5.32 Å². The Labute approximate surface area is 124 Å². The van der Waals surface area contributed by atoms with E-state index in [0.717, 1.165) is 16.8 Å². The molecule has 0 radical (unpaired) electrons. The van der Waals surface area contributed by atoms with Crippen molar-refractivity contribution in [1.29, 1.82) is 0 Å². The van der Waals surface area contributed by atoms with Crippen LogP contribution in [0.2, 0.25) is 5.02 Å². The third-order valence-corrected chi connectivity index (χ3v) is 3.14. The zero-order valence-corrected chi connectivity index (χ0v) is 11.7. The summed E-state index contributed by atoms with van der Waals surface area (Å²) in [4.78, 5) is 11.9. The van der Waals surface area contributed by atoms with Crippen molar-refractivity contribution >= 4 is 17.3 Å². The van der Waals surface area contributed by atoms with E-state index in [1.165, 1.54) is 18.3 Å².